The molecule has 1 unspecified atom stereocenters. The fourth-order valence-corrected chi connectivity index (χ4v) is 1.77. The number of furan rings is 1. The molecule has 0 spiro atoms. The molecule has 0 fully saturated rings. The molecule has 0 aliphatic heterocycles. The van der Waals surface area contributed by atoms with Crippen LogP contribution in [0.3, 0.4) is 0 Å². The van der Waals surface area contributed by atoms with E-state index < -0.39 is 0 Å². The molecule has 4 nitrogen and oxygen atoms in total. The largest absolute Gasteiger partial charge is 0.469 e. The molecule has 0 aromatic carbocycles. The van der Waals surface area contributed by atoms with E-state index in [9.17, 15) is 0 Å². The van der Waals surface area contributed by atoms with E-state index in [2.05, 4.69) is 44.8 Å². The lowest BCUT2D eigenvalue weighted by atomic mass is 10.1. The summed E-state index contributed by atoms with van der Waals surface area (Å²) < 4.78 is 6.33. The maximum absolute atomic E-state index is 5.29. The summed E-state index contributed by atoms with van der Waals surface area (Å²) in [4.78, 5) is 8.42. The van der Waals surface area contributed by atoms with Crippen molar-refractivity contribution in [2.24, 2.45) is 0 Å². The summed E-state index contributed by atoms with van der Waals surface area (Å²) >= 11 is 2.19. The smallest absolute Gasteiger partial charge is 0.222 e. The predicted octanol–water partition coefficient (Wildman–Crippen LogP) is 3.11. The van der Waals surface area contributed by atoms with Gasteiger partial charge in [-0.3, -0.25) is 0 Å². The van der Waals surface area contributed by atoms with E-state index in [1.54, 1.807) is 18.7 Å². The molecule has 2 aromatic heterocycles. The van der Waals surface area contributed by atoms with E-state index in [-0.39, 0.29) is 0 Å². The molecule has 5 heteroatoms. The fourth-order valence-electron chi connectivity index (χ4n) is 1.49. The lowest BCUT2D eigenvalue weighted by Crippen LogP contribution is -2.17. The lowest BCUT2D eigenvalue weighted by molar-refractivity contribution is 0.494. The molecular weight excluding hydrogens is 329 g/mol. The first kappa shape index (κ1) is 12.3. The van der Waals surface area contributed by atoms with Crippen molar-refractivity contribution in [2.75, 3.05) is 5.32 Å². The van der Waals surface area contributed by atoms with Crippen LogP contribution < -0.4 is 5.32 Å². The summed E-state index contributed by atoms with van der Waals surface area (Å²) in [6.07, 6.45) is 7.22. The minimum Gasteiger partial charge on any atom is -0.469 e. The van der Waals surface area contributed by atoms with E-state index in [0.717, 1.165) is 22.2 Å². The summed E-state index contributed by atoms with van der Waals surface area (Å²) in [6.45, 7) is 2.12. The first-order chi connectivity index (χ1) is 8.24. The van der Waals surface area contributed by atoms with E-state index in [4.69, 9.17) is 4.42 Å². The van der Waals surface area contributed by atoms with Crippen LogP contribution in [0.15, 0.2) is 35.2 Å². The van der Waals surface area contributed by atoms with Crippen molar-refractivity contribution >= 4 is 28.5 Å². The van der Waals surface area contributed by atoms with Gasteiger partial charge < -0.3 is 9.73 Å². The van der Waals surface area contributed by atoms with E-state index in [1.165, 1.54) is 0 Å². The number of anilines is 1. The maximum atomic E-state index is 5.29. The normalized spacial score (nSPS) is 12.4. The second-order valence-corrected chi connectivity index (χ2v) is 5.13. The van der Waals surface area contributed by atoms with Gasteiger partial charge in [0.1, 0.15) is 5.76 Å². The van der Waals surface area contributed by atoms with Gasteiger partial charge in [-0.1, -0.05) is 0 Å². The predicted molar refractivity (Wildman–Crippen MR) is 74.9 cm³/mol. The third-order valence-electron chi connectivity index (χ3n) is 2.40. The van der Waals surface area contributed by atoms with Gasteiger partial charge in [-0.05, 0) is 48.1 Å². The van der Waals surface area contributed by atoms with Gasteiger partial charge in [0.05, 0.1) is 6.26 Å². The summed E-state index contributed by atoms with van der Waals surface area (Å²) in [5.41, 5.74) is 0. The Labute approximate surface area is 114 Å². The summed E-state index contributed by atoms with van der Waals surface area (Å²) in [5.74, 6) is 1.69. The molecule has 90 valence electrons. The van der Waals surface area contributed by atoms with Crippen LogP contribution in [0, 0.1) is 3.57 Å². The minimum atomic E-state index is 0.320. The molecule has 2 heterocycles. The Morgan fingerprint density at radius 1 is 1.41 bits per heavy atom. The van der Waals surface area contributed by atoms with Crippen molar-refractivity contribution in [2.45, 2.75) is 25.8 Å². The number of halogens is 1. The van der Waals surface area contributed by atoms with Gasteiger partial charge in [0, 0.05) is 28.4 Å². The molecule has 2 rings (SSSR count). The molecule has 0 saturated heterocycles. The second-order valence-electron chi connectivity index (χ2n) is 3.89. The monoisotopic (exact) mass is 343 g/mol. The van der Waals surface area contributed by atoms with Crippen LogP contribution in [0.5, 0.6) is 0 Å². The number of aromatic nitrogens is 2. The molecule has 0 aliphatic rings. The van der Waals surface area contributed by atoms with Crippen LogP contribution in [-0.4, -0.2) is 16.0 Å². The third-order valence-corrected chi connectivity index (χ3v) is 2.96. The van der Waals surface area contributed by atoms with Crippen LogP contribution in [-0.2, 0) is 6.42 Å². The Bertz CT molecular complexity index is 441. The van der Waals surface area contributed by atoms with Gasteiger partial charge in [0.2, 0.25) is 5.95 Å². The van der Waals surface area contributed by atoms with Crippen molar-refractivity contribution in [3.63, 3.8) is 0 Å². The topological polar surface area (TPSA) is 51.0 Å². The number of rotatable bonds is 5. The minimum absolute atomic E-state index is 0.320. The number of hydrogen-bond donors (Lipinski definition) is 1. The number of nitrogens with zero attached hydrogens (tertiary/aromatic N) is 2. The average molecular weight is 343 g/mol. The molecule has 0 saturated carbocycles. The standard InChI is InChI=1S/C12H14IN3O/c1-9(4-5-11-3-2-6-17-11)16-12-14-7-10(13)8-15-12/h2-3,6-9H,4-5H2,1H3,(H,14,15,16). The fraction of sp³-hybridized carbons (Fsp3) is 0.333. The maximum Gasteiger partial charge on any atom is 0.222 e. The van der Waals surface area contributed by atoms with Gasteiger partial charge in [-0.15, -0.1) is 0 Å². The molecule has 1 N–H and O–H groups in total. The average Bonchev–Trinajstić information content (AvgIpc) is 2.83. The highest BCUT2D eigenvalue weighted by Crippen LogP contribution is 2.09. The highest BCUT2D eigenvalue weighted by atomic mass is 127. The van der Waals surface area contributed by atoms with Gasteiger partial charge in [0.25, 0.3) is 0 Å². The van der Waals surface area contributed by atoms with Crippen LogP contribution in [0.25, 0.3) is 0 Å². The second kappa shape index (κ2) is 6.00. The Balaban J connectivity index is 1.80. The Hall–Kier alpha value is -1.11. The van der Waals surface area contributed by atoms with Crippen molar-refractivity contribution in [3.8, 4) is 0 Å². The SMILES string of the molecule is CC(CCc1ccco1)Nc1ncc(I)cn1. The van der Waals surface area contributed by atoms with Gasteiger partial charge in [0.15, 0.2) is 0 Å². The molecule has 0 aliphatic carbocycles. The zero-order valence-corrected chi connectivity index (χ0v) is 11.7. The van der Waals surface area contributed by atoms with Crippen molar-refractivity contribution in [1.29, 1.82) is 0 Å². The Morgan fingerprint density at radius 3 is 2.82 bits per heavy atom. The molecule has 0 bridgehead atoms. The summed E-state index contributed by atoms with van der Waals surface area (Å²) in [5, 5.41) is 3.26. The molecule has 0 amide bonds. The zero-order chi connectivity index (χ0) is 12.1. The van der Waals surface area contributed by atoms with Gasteiger partial charge in [-0.2, -0.15) is 0 Å². The van der Waals surface area contributed by atoms with Crippen LogP contribution in [0.1, 0.15) is 19.1 Å². The Kier molecular flexibility index (Phi) is 4.36. The van der Waals surface area contributed by atoms with Crippen molar-refractivity contribution in [3.05, 3.63) is 40.1 Å². The van der Waals surface area contributed by atoms with Crippen molar-refractivity contribution in [1.82, 2.24) is 9.97 Å². The van der Waals surface area contributed by atoms with Crippen LogP contribution >= 0.6 is 22.6 Å². The number of hydrogen-bond acceptors (Lipinski definition) is 4. The molecule has 0 radical (unpaired) electrons. The number of aryl methyl sites for hydroxylation is 1. The number of nitrogens with one attached hydrogen (secondary N) is 1. The molecule has 2 aromatic rings. The van der Waals surface area contributed by atoms with Crippen LogP contribution in [0.2, 0.25) is 0 Å². The highest BCUT2D eigenvalue weighted by molar-refractivity contribution is 14.1. The first-order valence-electron chi connectivity index (χ1n) is 5.50. The molecular formula is C12H14IN3O. The van der Waals surface area contributed by atoms with Crippen molar-refractivity contribution < 1.29 is 4.42 Å². The summed E-state index contributed by atoms with van der Waals surface area (Å²) in [6, 6.07) is 4.23. The van der Waals surface area contributed by atoms with E-state index >= 15 is 0 Å². The Morgan fingerprint density at radius 2 is 2.18 bits per heavy atom. The third kappa shape index (κ3) is 3.99. The van der Waals surface area contributed by atoms with E-state index in [1.807, 2.05) is 12.1 Å². The van der Waals surface area contributed by atoms with Gasteiger partial charge in [-0.25, -0.2) is 9.97 Å². The van der Waals surface area contributed by atoms with Crippen LogP contribution in [0.4, 0.5) is 5.95 Å². The first-order valence-corrected chi connectivity index (χ1v) is 6.58. The lowest BCUT2D eigenvalue weighted by Gasteiger charge is -2.12. The summed E-state index contributed by atoms with van der Waals surface area (Å²) in [7, 11) is 0. The molecule has 1 atom stereocenters. The molecule has 17 heavy (non-hydrogen) atoms. The highest BCUT2D eigenvalue weighted by Gasteiger charge is 2.05. The van der Waals surface area contributed by atoms with E-state index in [0.29, 0.717) is 12.0 Å². The van der Waals surface area contributed by atoms with Gasteiger partial charge >= 0.3 is 0 Å². The zero-order valence-electron chi connectivity index (χ0n) is 9.56. The quantitative estimate of drug-likeness (QED) is 0.848.